The van der Waals surface area contributed by atoms with Crippen molar-refractivity contribution in [3.63, 3.8) is 0 Å². The predicted molar refractivity (Wildman–Crippen MR) is 72.5 cm³/mol. The van der Waals surface area contributed by atoms with Gasteiger partial charge in [-0.15, -0.1) is 0 Å². The molecule has 1 fully saturated rings. The summed E-state index contributed by atoms with van der Waals surface area (Å²) in [6.07, 6.45) is 3.07. The lowest BCUT2D eigenvalue weighted by Gasteiger charge is -2.26. The number of aromatic nitrogens is 2. The van der Waals surface area contributed by atoms with Gasteiger partial charge in [0.25, 0.3) is 0 Å². The van der Waals surface area contributed by atoms with Crippen LogP contribution in [0.1, 0.15) is 29.0 Å². The predicted octanol–water partition coefficient (Wildman–Crippen LogP) is 2.05. The van der Waals surface area contributed by atoms with Crippen LogP contribution in [-0.2, 0) is 9.47 Å². The fourth-order valence-corrected chi connectivity index (χ4v) is 2.16. The molecule has 104 valence electrons. The van der Waals surface area contributed by atoms with Crippen LogP contribution in [0.5, 0.6) is 0 Å². The molecule has 0 spiro atoms. The van der Waals surface area contributed by atoms with Crippen LogP contribution in [0.25, 0.3) is 0 Å². The van der Waals surface area contributed by atoms with Crippen molar-refractivity contribution in [2.75, 3.05) is 13.2 Å². The molecule has 1 unspecified atom stereocenters. The minimum Gasteiger partial charge on any atom is -0.453 e. The summed E-state index contributed by atoms with van der Waals surface area (Å²) in [7, 11) is 0. The second-order valence-electron chi connectivity index (χ2n) is 4.84. The number of carbonyl (C=O) groups is 1. The van der Waals surface area contributed by atoms with E-state index in [2.05, 4.69) is 4.98 Å². The van der Waals surface area contributed by atoms with Crippen LogP contribution in [0.15, 0.2) is 42.9 Å². The lowest BCUT2D eigenvalue weighted by Crippen LogP contribution is -2.38. The molecule has 0 bridgehead atoms. The lowest BCUT2D eigenvalue weighted by molar-refractivity contribution is -0.103. The van der Waals surface area contributed by atoms with Crippen molar-refractivity contribution in [1.82, 2.24) is 9.55 Å². The van der Waals surface area contributed by atoms with E-state index in [1.54, 1.807) is 12.5 Å². The molecule has 0 saturated carbocycles. The van der Waals surface area contributed by atoms with Crippen molar-refractivity contribution < 1.29 is 14.3 Å². The summed E-state index contributed by atoms with van der Waals surface area (Å²) >= 11 is 0. The van der Waals surface area contributed by atoms with Gasteiger partial charge in [-0.2, -0.15) is 0 Å². The van der Waals surface area contributed by atoms with Crippen molar-refractivity contribution in [3.05, 3.63) is 54.1 Å². The van der Waals surface area contributed by atoms with E-state index in [4.69, 9.17) is 9.47 Å². The first-order valence-electron chi connectivity index (χ1n) is 6.61. The zero-order valence-electron chi connectivity index (χ0n) is 11.2. The van der Waals surface area contributed by atoms with E-state index in [9.17, 15) is 4.79 Å². The van der Waals surface area contributed by atoms with E-state index in [1.165, 1.54) is 0 Å². The molecule has 0 amide bonds. The number of ether oxygens (including phenoxy) is 2. The Morgan fingerprint density at radius 3 is 2.80 bits per heavy atom. The molecular weight excluding hydrogens is 256 g/mol. The molecule has 1 aliphatic heterocycles. The summed E-state index contributed by atoms with van der Waals surface area (Å²) in [5, 5.41) is 0. The van der Waals surface area contributed by atoms with Crippen molar-refractivity contribution >= 4 is 5.97 Å². The summed E-state index contributed by atoms with van der Waals surface area (Å²) in [6.45, 7) is 2.99. The van der Waals surface area contributed by atoms with Crippen LogP contribution in [0.2, 0.25) is 0 Å². The smallest absolute Gasteiger partial charge is 0.357 e. The molecule has 1 aromatic carbocycles. The maximum absolute atomic E-state index is 12.1. The van der Waals surface area contributed by atoms with Crippen LogP contribution in [0.3, 0.4) is 0 Å². The Bertz CT molecular complexity index is 590. The molecular formula is C15H16N2O3. The molecule has 0 aliphatic carbocycles. The number of rotatable bonds is 4. The van der Waals surface area contributed by atoms with E-state index in [-0.39, 0.29) is 18.1 Å². The van der Waals surface area contributed by atoms with Crippen LogP contribution < -0.4 is 0 Å². The van der Waals surface area contributed by atoms with E-state index in [1.807, 2.05) is 41.8 Å². The molecule has 5 heteroatoms. The molecule has 2 heterocycles. The van der Waals surface area contributed by atoms with Gasteiger partial charge in [-0.3, -0.25) is 0 Å². The Labute approximate surface area is 117 Å². The SMILES string of the molecule is CC(c1ccccc1)n1cncc1C(=O)OC1COC1. The zero-order chi connectivity index (χ0) is 13.9. The summed E-state index contributed by atoms with van der Waals surface area (Å²) < 4.78 is 12.2. The van der Waals surface area contributed by atoms with Crippen LogP contribution in [0, 0.1) is 0 Å². The summed E-state index contributed by atoms with van der Waals surface area (Å²) in [6, 6.07) is 10.0. The minimum atomic E-state index is -0.349. The molecule has 1 saturated heterocycles. The van der Waals surface area contributed by atoms with Gasteiger partial charge < -0.3 is 14.0 Å². The molecule has 2 aromatic rings. The molecule has 1 atom stereocenters. The van der Waals surface area contributed by atoms with Gasteiger partial charge >= 0.3 is 5.97 Å². The van der Waals surface area contributed by atoms with Gasteiger partial charge in [-0.1, -0.05) is 30.3 Å². The number of carbonyl (C=O) groups excluding carboxylic acids is 1. The molecule has 5 nitrogen and oxygen atoms in total. The Morgan fingerprint density at radius 1 is 1.40 bits per heavy atom. The van der Waals surface area contributed by atoms with Gasteiger partial charge in [0.05, 0.1) is 31.8 Å². The Hall–Kier alpha value is -2.14. The van der Waals surface area contributed by atoms with Gasteiger partial charge in [0.2, 0.25) is 0 Å². The number of imidazole rings is 1. The normalized spacial score (nSPS) is 16.4. The third kappa shape index (κ3) is 2.44. The monoisotopic (exact) mass is 272 g/mol. The maximum Gasteiger partial charge on any atom is 0.357 e. The highest BCUT2D eigenvalue weighted by Crippen LogP contribution is 2.20. The topological polar surface area (TPSA) is 53.4 Å². The van der Waals surface area contributed by atoms with Crippen molar-refractivity contribution in [1.29, 1.82) is 0 Å². The first-order chi connectivity index (χ1) is 9.75. The van der Waals surface area contributed by atoms with Gasteiger partial charge in [0.1, 0.15) is 11.8 Å². The van der Waals surface area contributed by atoms with E-state index < -0.39 is 0 Å². The number of hydrogen-bond donors (Lipinski definition) is 0. The van der Waals surface area contributed by atoms with Crippen molar-refractivity contribution in [2.45, 2.75) is 19.1 Å². The standard InChI is InChI=1S/C15H16N2O3/c1-11(12-5-3-2-4-6-12)17-10-16-7-14(17)15(18)20-13-8-19-9-13/h2-7,10-11,13H,8-9H2,1H3. The maximum atomic E-state index is 12.1. The number of esters is 1. The van der Waals surface area contributed by atoms with E-state index in [0.29, 0.717) is 18.9 Å². The highest BCUT2D eigenvalue weighted by Gasteiger charge is 2.26. The largest absolute Gasteiger partial charge is 0.453 e. The highest BCUT2D eigenvalue weighted by atomic mass is 16.6. The average molecular weight is 272 g/mol. The summed E-state index contributed by atoms with van der Waals surface area (Å²) in [5.41, 5.74) is 1.58. The highest BCUT2D eigenvalue weighted by molar-refractivity contribution is 5.87. The molecule has 0 radical (unpaired) electrons. The van der Waals surface area contributed by atoms with E-state index in [0.717, 1.165) is 5.56 Å². The van der Waals surface area contributed by atoms with Crippen molar-refractivity contribution in [2.24, 2.45) is 0 Å². The number of hydrogen-bond acceptors (Lipinski definition) is 4. The Balaban J connectivity index is 1.80. The first kappa shape index (κ1) is 12.9. The van der Waals surface area contributed by atoms with Crippen LogP contribution in [-0.4, -0.2) is 34.8 Å². The first-order valence-corrected chi connectivity index (χ1v) is 6.61. The van der Waals surface area contributed by atoms with Gasteiger partial charge in [0.15, 0.2) is 0 Å². The molecule has 1 aliphatic rings. The minimum absolute atomic E-state index is 0.0268. The molecule has 1 aromatic heterocycles. The van der Waals surface area contributed by atoms with Crippen molar-refractivity contribution in [3.8, 4) is 0 Å². The van der Waals surface area contributed by atoms with E-state index >= 15 is 0 Å². The Morgan fingerprint density at radius 2 is 2.15 bits per heavy atom. The molecule has 0 N–H and O–H groups in total. The number of nitrogens with zero attached hydrogens (tertiary/aromatic N) is 2. The fraction of sp³-hybridized carbons (Fsp3) is 0.333. The lowest BCUT2D eigenvalue weighted by atomic mass is 10.1. The van der Waals surface area contributed by atoms with Gasteiger partial charge in [-0.05, 0) is 12.5 Å². The molecule has 20 heavy (non-hydrogen) atoms. The fourth-order valence-electron chi connectivity index (χ4n) is 2.16. The summed E-state index contributed by atoms with van der Waals surface area (Å²) in [5.74, 6) is -0.349. The van der Waals surface area contributed by atoms with Gasteiger partial charge in [0, 0.05) is 0 Å². The van der Waals surface area contributed by atoms with Crippen LogP contribution >= 0.6 is 0 Å². The third-order valence-electron chi connectivity index (χ3n) is 3.46. The second kappa shape index (κ2) is 5.46. The van der Waals surface area contributed by atoms with Gasteiger partial charge in [-0.25, -0.2) is 9.78 Å². The average Bonchev–Trinajstić information content (AvgIpc) is 2.92. The quantitative estimate of drug-likeness (QED) is 0.799. The zero-order valence-corrected chi connectivity index (χ0v) is 11.2. The third-order valence-corrected chi connectivity index (χ3v) is 3.46. The Kier molecular flexibility index (Phi) is 3.52. The summed E-state index contributed by atoms with van der Waals surface area (Å²) in [4.78, 5) is 16.2. The molecule has 3 rings (SSSR count). The number of benzene rings is 1. The second-order valence-corrected chi connectivity index (χ2v) is 4.84. The van der Waals surface area contributed by atoms with Crippen LogP contribution in [0.4, 0.5) is 0 Å².